The van der Waals surface area contributed by atoms with Gasteiger partial charge in [0.25, 0.3) is 0 Å². The molecule has 1 aromatic heterocycles. The van der Waals surface area contributed by atoms with Crippen LogP contribution in [0.2, 0.25) is 0 Å². The summed E-state index contributed by atoms with van der Waals surface area (Å²) in [6.07, 6.45) is 2.82. The van der Waals surface area contributed by atoms with Crippen molar-refractivity contribution < 1.29 is 19.4 Å². The van der Waals surface area contributed by atoms with Crippen LogP contribution >= 0.6 is 0 Å². The first-order valence-corrected chi connectivity index (χ1v) is 9.36. The lowest BCUT2D eigenvalue weighted by atomic mass is 10.2. The van der Waals surface area contributed by atoms with Gasteiger partial charge in [0.2, 0.25) is 5.91 Å². The normalized spacial score (nSPS) is 10.7. The molecule has 0 spiro atoms. The van der Waals surface area contributed by atoms with Crippen LogP contribution in [-0.2, 0) is 22.7 Å². The van der Waals surface area contributed by atoms with Crippen LogP contribution < -0.4 is 10.1 Å². The maximum Gasteiger partial charge on any atom is 0.303 e. The molecule has 28 heavy (non-hydrogen) atoms. The quantitative estimate of drug-likeness (QED) is 0.527. The van der Waals surface area contributed by atoms with Crippen molar-refractivity contribution in [2.75, 3.05) is 6.54 Å². The lowest BCUT2D eigenvalue weighted by Crippen LogP contribution is -2.25. The van der Waals surface area contributed by atoms with Crippen LogP contribution in [0.4, 0.5) is 0 Å². The van der Waals surface area contributed by atoms with Gasteiger partial charge in [0.05, 0.1) is 0 Å². The number of carboxylic acid groups (broad SMARTS) is 1. The van der Waals surface area contributed by atoms with Gasteiger partial charge in [-0.1, -0.05) is 30.3 Å². The van der Waals surface area contributed by atoms with Gasteiger partial charge in [-0.3, -0.25) is 9.59 Å². The van der Waals surface area contributed by atoms with Gasteiger partial charge in [0.15, 0.2) is 0 Å². The smallest absolute Gasteiger partial charge is 0.303 e. The van der Waals surface area contributed by atoms with Crippen LogP contribution in [0.25, 0.3) is 10.9 Å². The maximum atomic E-state index is 11.9. The van der Waals surface area contributed by atoms with Crippen molar-refractivity contribution in [1.29, 1.82) is 0 Å². The summed E-state index contributed by atoms with van der Waals surface area (Å²) in [5.74, 6) is -0.111. The average molecular weight is 380 g/mol. The summed E-state index contributed by atoms with van der Waals surface area (Å²) in [4.78, 5) is 22.4. The van der Waals surface area contributed by atoms with E-state index in [0.717, 1.165) is 22.2 Å². The Labute approximate surface area is 163 Å². The Hall–Kier alpha value is -3.28. The molecule has 0 bridgehead atoms. The first-order valence-electron chi connectivity index (χ1n) is 9.36. The molecule has 0 aliphatic carbocycles. The Morgan fingerprint density at radius 2 is 1.86 bits per heavy atom. The number of carbonyl (C=O) groups is 2. The van der Waals surface area contributed by atoms with Crippen molar-refractivity contribution in [3.8, 4) is 5.75 Å². The van der Waals surface area contributed by atoms with E-state index >= 15 is 0 Å². The molecule has 2 N–H and O–H groups in total. The van der Waals surface area contributed by atoms with E-state index in [-0.39, 0.29) is 12.3 Å². The van der Waals surface area contributed by atoms with E-state index in [2.05, 4.69) is 5.32 Å². The lowest BCUT2D eigenvalue weighted by Gasteiger charge is -2.09. The van der Waals surface area contributed by atoms with E-state index in [0.29, 0.717) is 32.5 Å². The molecule has 0 unspecified atom stereocenters. The minimum atomic E-state index is -0.847. The number of nitrogens with zero attached hydrogens (tertiary/aromatic N) is 1. The molecular formula is C22H24N2O4. The third-order valence-corrected chi connectivity index (χ3v) is 4.46. The average Bonchev–Trinajstić information content (AvgIpc) is 3.11. The summed E-state index contributed by atoms with van der Waals surface area (Å²) < 4.78 is 7.90. The number of ether oxygens (including phenoxy) is 1. The highest BCUT2D eigenvalue weighted by molar-refractivity contribution is 5.82. The van der Waals surface area contributed by atoms with Crippen molar-refractivity contribution in [3.63, 3.8) is 0 Å². The topological polar surface area (TPSA) is 80.6 Å². The largest absolute Gasteiger partial charge is 0.489 e. The van der Waals surface area contributed by atoms with Gasteiger partial charge in [-0.05, 0) is 36.2 Å². The van der Waals surface area contributed by atoms with E-state index < -0.39 is 5.97 Å². The number of aliphatic carboxylic acids is 1. The van der Waals surface area contributed by atoms with Crippen molar-refractivity contribution in [1.82, 2.24) is 9.88 Å². The van der Waals surface area contributed by atoms with E-state index in [9.17, 15) is 9.59 Å². The van der Waals surface area contributed by atoms with Crippen LogP contribution in [-0.4, -0.2) is 28.1 Å². The van der Waals surface area contributed by atoms with Crippen molar-refractivity contribution in [2.24, 2.45) is 0 Å². The first kappa shape index (κ1) is 19.5. The van der Waals surface area contributed by atoms with Gasteiger partial charge in [0, 0.05) is 43.0 Å². The molecule has 0 radical (unpaired) electrons. The van der Waals surface area contributed by atoms with Gasteiger partial charge in [-0.15, -0.1) is 0 Å². The van der Waals surface area contributed by atoms with E-state index in [1.165, 1.54) is 0 Å². The zero-order valence-electron chi connectivity index (χ0n) is 15.6. The second-order valence-electron chi connectivity index (χ2n) is 6.60. The number of benzene rings is 2. The third-order valence-electron chi connectivity index (χ3n) is 4.46. The molecule has 0 aliphatic heterocycles. The molecule has 6 heteroatoms. The Bertz CT molecular complexity index is 934. The number of amides is 1. The minimum absolute atomic E-state index is 0.0667. The molecule has 0 fully saturated rings. The summed E-state index contributed by atoms with van der Waals surface area (Å²) in [7, 11) is 0. The fourth-order valence-electron chi connectivity index (χ4n) is 2.98. The molecule has 3 aromatic rings. The highest BCUT2D eigenvalue weighted by Gasteiger charge is 2.06. The van der Waals surface area contributed by atoms with E-state index in [1.54, 1.807) is 0 Å². The predicted molar refractivity (Wildman–Crippen MR) is 107 cm³/mol. The number of fused-ring (bicyclic) bond motifs is 1. The second-order valence-corrected chi connectivity index (χ2v) is 6.60. The molecule has 2 aromatic carbocycles. The number of aromatic nitrogens is 1. The number of aryl methyl sites for hydroxylation is 1. The van der Waals surface area contributed by atoms with Crippen molar-refractivity contribution >= 4 is 22.8 Å². The summed E-state index contributed by atoms with van der Waals surface area (Å²) >= 11 is 0. The third kappa shape index (κ3) is 5.61. The molecule has 146 valence electrons. The van der Waals surface area contributed by atoms with Gasteiger partial charge in [-0.2, -0.15) is 0 Å². The highest BCUT2D eigenvalue weighted by atomic mass is 16.5. The van der Waals surface area contributed by atoms with Crippen LogP contribution in [0.5, 0.6) is 5.75 Å². The van der Waals surface area contributed by atoms with E-state index in [4.69, 9.17) is 9.84 Å². The molecule has 1 heterocycles. The fraction of sp³-hybridized carbons (Fsp3) is 0.273. The second kappa shape index (κ2) is 9.60. The molecule has 0 aliphatic rings. The minimum Gasteiger partial charge on any atom is -0.489 e. The van der Waals surface area contributed by atoms with Crippen LogP contribution in [0, 0.1) is 0 Å². The molecule has 0 atom stereocenters. The predicted octanol–water partition coefficient (Wildman–Crippen LogP) is 3.59. The molecule has 6 nitrogen and oxygen atoms in total. The number of carbonyl (C=O) groups excluding carboxylic acids is 1. The Balaban J connectivity index is 1.51. The number of carboxylic acids is 1. The lowest BCUT2D eigenvalue weighted by molar-refractivity contribution is -0.137. The maximum absolute atomic E-state index is 11.9. The molecule has 3 rings (SSSR count). The highest BCUT2D eigenvalue weighted by Crippen LogP contribution is 2.23. The first-order chi connectivity index (χ1) is 13.6. The number of hydrogen-bond donors (Lipinski definition) is 2. The van der Waals surface area contributed by atoms with E-state index in [1.807, 2.05) is 65.4 Å². The van der Waals surface area contributed by atoms with Crippen LogP contribution in [0.15, 0.2) is 60.8 Å². The molecular weight excluding hydrogens is 356 g/mol. The Morgan fingerprint density at radius 3 is 2.64 bits per heavy atom. The zero-order chi connectivity index (χ0) is 19.8. The van der Waals surface area contributed by atoms with Gasteiger partial charge in [0.1, 0.15) is 12.4 Å². The molecule has 1 amide bonds. The number of hydrogen-bond acceptors (Lipinski definition) is 3. The Kier molecular flexibility index (Phi) is 6.68. The number of nitrogens with one attached hydrogen (secondary N) is 1. The summed E-state index contributed by atoms with van der Waals surface area (Å²) in [6.45, 7) is 1.48. The van der Waals surface area contributed by atoms with Crippen LogP contribution in [0.1, 0.15) is 24.8 Å². The summed E-state index contributed by atoms with van der Waals surface area (Å²) in [5, 5.41) is 12.4. The standard InChI is InChI=1S/C22H24N2O4/c25-21(23-12-4-7-22(26)27)11-14-24-13-10-18-15-19(8-9-20(18)24)28-16-17-5-2-1-3-6-17/h1-3,5-6,8-10,13,15H,4,7,11-12,14,16H2,(H,23,25)(H,26,27). The van der Waals surface area contributed by atoms with Crippen molar-refractivity contribution in [2.45, 2.75) is 32.4 Å². The van der Waals surface area contributed by atoms with Gasteiger partial charge in [-0.25, -0.2) is 0 Å². The zero-order valence-corrected chi connectivity index (χ0v) is 15.6. The summed E-state index contributed by atoms with van der Waals surface area (Å²) in [6, 6.07) is 18.0. The molecule has 0 saturated carbocycles. The van der Waals surface area contributed by atoms with Gasteiger partial charge >= 0.3 is 5.97 Å². The van der Waals surface area contributed by atoms with Gasteiger partial charge < -0.3 is 19.7 Å². The van der Waals surface area contributed by atoms with Crippen molar-refractivity contribution in [3.05, 3.63) is 66.4 Å². The van der Waals surface area contributed by atoms with Crippen LogP contribution in [0.3, 0.4) is 0 Å². The fourth-order valence-corrected chi connectivity index (χ4v) is 2.98. The molecule has 0 saturated heterocycles. The SMILES string of the molecule is O=C(O)CCCNC(=O)CCn1ccc2cc(OCc3ccccc3)ccc21. The Morgan fingerprint density at radius 1 is 1.04 bits per heavy atom. The summed E-state index contributed by atoms with van der Waals surface area (Å²) in [5.41, 5.74) is 2.17. The monoisotopic (exact) mass is 380 g/mol. The number of rotatable bonds is 10.